The summed E-state index contributed by atoms with van der Waals surface area (Å²) < 4.78 is 14.7. The van der Waals surface area contributed by atoms with E-state index < -0.39 is 0 Å². The number of benzene rings is 10. The van der Waals surface area contributed by atoms with Gasteiger partial charge in [-0.05, 0) is 128 Å². The first-order chi connectivity index (χ1) is 34.1. The molecule has 0 saturated carbocycles. The second-order valence-corrected chi connectivity index (χ2v) is 18.7. The van der Waals surface area contributed by atoms with E-state index >= 15 is 0 Å². The van der Waals surface area contributed by atoms with Crippen molar-refractivity contribution in [1.82, 2.24) is 20.4 Å². The third-order valence-corrected chi connectivity index (χ3v) is 14.6. The normalized spacial score (nSPS) is 12.1. The minimum Gasteiger partial charge on any atom is -0.456 e. The maximum absolute atomic E-state index is 6.43. The fourth-order valence-corrected chi connectivity index (χ4v) is 11.3. The van der Waals surface area contributed by atoms with Crippen LogP contribution in [0, 0.1) is 0 Å². The molecule has 0 aliphatic rings. The number of anilines is 6. The lowest BCUT2D eigenvalue weighted by Gasteiger charge is -2.24. The maximum atomic E-state index is 6.43. The van der Waals surface area contributed by atoms with E-state index in [9.17, 15) is 0 Å². The SMILES string of the molecule is c1ccc2cc3cc(N(c4ccc5c(c4)oc4ccccc45)c4cc5sc6cc(N(c7ccc8cc9ccccc9cc8c7)c7ccc8c(c7)oc7ccccc78)nnc6c5nn4)ccc3cc2c1. The Morgan fingerprint density at radius 3 is 1.12 bits per heavy atom. The molecule has 0 aliphatic heterocycles. The number of aromatic nitrogens is 4. The third-order valence-electron chi connectivity index (χ3n) is 13.5. The molecular weight excluding hydrogens is 869 g/mol. The van der Waals surface area contributed by atoms with Gasteiger partial charge in [-0.2, -0.15) is 0 Å². The zero-order chi connectivity index (χ0) is 45.2. The average Bonchev–Trinajstić information content (AvgIpc) is 4.08. The topological polar surface area (TPSA) is 84.3 Å². The summed E-state index contributed by atoms with van der Waals surface area (Å²) >= 11 is 1.63. The zero-order valence-corrected chi connectivity index (χ0v) is 37.4. The minimum atomic E-state index is 0.669. The van der Waals surface area contributed by atoms with Crippen molar-refractivity contribution in [3.8, 4) is 0 Å². The van der Waals surface area contributed by atoms with E-state index in [1.165, 1.54) is 21.5 Å². The highest BCUT2D eigenvalue weighted by atomic mass is 32.1. The quantitative estimate of drug-likeness (QED) is 0.153. The lowest BCUT2D eigenvalue weighted by molar-refractivity contribution is 0.668. The molecular formula is C60H34N6O2S. The van der Waals surface area contributed by atoms with Gasteiger partial charge in [0.05, 0.1) is 20.8 Å². The highest BCUT2D eigenvalue weighted by Crippen LogP contribution is 2.44. The second kappa shape index (κ2) is 14.7. The van der Waals surface area contributed by atoms with Crippen LogP contribution >= 0.6 is 11.3 Å². The van der Waals surface area contributed by atoms with Crippen LogP contribution in [0.1, 0.15) is 0 Å². The van der Waals surface area contributed by atoms with Crippen LogP contribution in [0.15, 0.2) is 215 Å². The van der Waals surface area contributed by atoms with Crippen LogP contribution in [0.2, 0.25) is 0 Å². The highest BCUT2D eigenvalue weighted by molar-refractivity contribution is 7.25. The molecule has 0 atom stereocenters. The van der Waals surface area contributed by atoms with E-state index in [2.05, 4.69) is 180 Å². The van der Waals surface area contributed by atoms with Crippen LogP contribution in [-0.4, -0.2) is 20.4 Å². The molecule has 5 heterocycles. The number of thiophene rings is 1. The van der Waals surface area contributed by atoms with Gasteiger partial charge in [-0.1, -0.05) is 97.1 Å². The molecule has 0 radical (unpaired) electrons. The highest BCUT2D eigenvalue weighted by Gasteiger charge is 2.23. The summed E-state index contributed by atoms with van der Waals surface area (Å²) in [5, 5.41) is 33.4. The van der Waals surface area contributed by atoms with Crippen molar-refractivity contribution in [2.45, 2.75) is 0 Å². The first-order valence-corrected chi connectivity index (χ1v) is 23.7. The van der Waals surface area contributed by atoms with Gasteiger partial charge >= 0.3 is 0 Å². The number of hydrogen-bond donors (Lipinski definition) is 0. The molecule has 0 unspecified atom stereocenters. The molecule has 0 amide bonds. The largest absolute Gasteiger partial charge is 0.456 e. The Kier molecular flexibility index (Phi) is 8.07. The van der Waals surface area contributed by atoms with E-state index in [1.54, 1.807) is 11.3 Å². The summed E-state index contributed by atoms with van der Waals surface area (Å²) in [5.74, 6) is 1.34. The second-order valence-electron chi connectivity index (χ2n) is 17.6. The van der Waals surface area contributed by atoms with E-state index in [-0.39, 0.29) is 0 Å². The van der Waals surface area contributed by atoms with Crippen molar-refractivity contribution < 1.29 is 8.83 Å². The summed E-state index contributed by atoms with van der Waals surface area (Å²) in [5.41, 5.74) is 8.40. The Bertz CT molecular complexity index is 4320. The number of hydrogen-bond acceptors (Lipinski definition) is 9. The van der Waals surface area contributed by atoms with Crippen LogP contribution < -0.4 is 9.80 Å². The molecule has 0 fully saturated rings. The Labute approximate surface area is 396 Å². The maximum Gasteiger partial charge on any atom is 0.161 e. The van der Waals surface area contributed by atoms with Gasteiger partial charge in [0.1, 0.15) is 33.4 Å². The lowest BCUT2D eigenvalue weighted by atomic mass is 10.0. The summed E-state index contributed by atoms with van der Waals surface area (Å²) in [6, 6.07) is 72.4. The zero-order valence-electron chi connectivity index (χ0n) is 36.5. The molecule has 10 aromatic carbocycles. The van der Waals surface area contributed by atoms with Crippen molar-refractivity contribution in [2.24, 2.45) is 0 Å². The standard InChI is InChI=1S/C60H34N6O2S/c1-3-11-37-27-41-29-43(19-17-39(41)25-35(37)9-1)65(45-21-23-49-47-13-5-7-15-51(47)67-53(49)31-45)57-33-55-59(63-61-57)60-56(69-55)34-58(62-64-60)66(46-22-24-50-48-14-6-8-16-52(48)68-54(50)32-46)44-20-18-40-26-36-10-2-4-12-38(36)28-42(40)30-44/h1-34H. The molecule has 0 bridgehead atoms. The summed E-state index contributed by atoms with van der Waals surface area (Å²) in [6.07, 6.45) is 0. The molecule has 5 aromatic heterocycles. The van der Waals surface area contributed by atoms with Crippen LogP contribution in [0.25, 0.3) is 107 Å². The van der Waals surface area contributed by atoms with E-state index in [0.717, 1.165) is 97.6 Å². The van der Waals surface area contributed by atoms with Crippen molar-refractivity contribution in [1.29, 1.82) is 0 Å². The van der Waals surface area contributed by atoms with Crippen LogP contribution in [0.4, 0.5) is 34.4 Å². The van der Waals surface area contributed by atoms with E-state index in [0.29, 0.717) is 22.7 Å². The number of nitrogens with zero attached hydrogens (tertiary/aromatic N) is 6. The molecule has 0 N–H and O–H groups in total. The van der Waals surface area contributed by atoms with Crippen LogP contribution in [0.3, 0.4) is 0 Å². The van der Waals surface area contributed by atoms with Crippen LogP contribution in [0.5, 0.6) is 0 Å². The first kappa shape index (κ1) is 38.0. The minimum absolute atomic E-state index is 0.669. The first-order valence-electron chi connectivity index (χ1n) is 22.8. The summed E-state index contributed by atoms with van der Waals surface area (Å²) in [6.45, 7) is 0. The van der Waals surface area contributed by atoms with Crippen molar-refractivity contribution in [2.75, 3.05) is 9.80 Å². The van der Waals surface area contributed by atoms with Crippen LogP contribution in [-0.2, 0) is 0 Å². The predicted molar refractivity (Wildman–Crippen MR) is 284 cm³/mol. The van der Waals surface area contributed by atoms with E-state index in [1.807, 2.05) is 36.4 Å². The van der Waals surface area contributed by atoms with Crippen molar-refractivity contribution in [3.63, 3.8) is 0 Å². The Morgan fingerprint density at radius 1 is 0.290 bits per heavy atom. The molecule has 15 rings (SSSR count). The summed E-state index contributed by atoms with van der Waals surface area (Å²) in [4.78, 5) is 4.32. The monoisotopic (exact) mass is 902 g/mol. The van der Waals surface area contributed by atoms with Gasteiger partial charge < -0.3 is 8.83 Å². The Morgan fingerprint density at radius 2 is 0.652 bits per heavy atom. The smallest absolute Gasteiger partial charge is 0.161 e. The van der Waals surface area contributed by atoms with Gasteiger partial charge in [0, 0.05) is 57.2 Å². The number of fused-ring (bicyclic) bond motifs is 13. The fourth-order valence-electron chi connectivity index (χ4n) is 10.2. The Hall–Kier alpha value is -9.18. The Balaban J connectivity index is 0.887. The van der Waals surface area contributed by atoms with Crippen molar-refractivity contribution in [3.05, 3.63) is 206 Å². The molecule has 9 heteroatoms. The molecule has 69 heavy (non-hydrogen) atoms. The van der Waals surface area contributed by atoms with Gasteiger partial charge in [0.25, 0.3) is 0 Å². The third kappa shape index (κ3) is 6.07. The van der Waals surface area contributed by atoms with Gasteiger partial charge in [-0.15, -0.1) is 31.7 Å². The molecule has 15 aromatic rings. The fraction of sp³-hybridized carbons (Fsp3) is 0. The molecule has 8 nitrogen and oxygen atoms in total. The predicted octanol–water partition coefficient (Wildman–Crippen LogP) is 17.0. The number of rotatable bonds is 6. The van der Waals surface area contributed by atoms with Gasteiger partial charge in [0.2, 0.25) is 0 Å². The van der Waals surface area contributed by atoms with Gasteiger partial charge in [-0.3, -0.25) is 9.80 Å². The summed E-state index contributed by atoms with van der Waals surface area (Å²) in [7, 11) is 0. The number of para-hydroxylation sites is 2. The van der Waals surface area contributed by atoms with E-state index in [4.69, 9.17) is 29.2 Å². The molecule has 0 saturated heterocycles. The van der Waals surface area contributed by atoms with Gasteiger partial charge in [0.15, 0.2) is 11.6 Å². The molecule has 0 spiro atoms. The molecule has 0 aliphatic carbocycles. The number of furan rings is 2. The van der Waals surface area contributed by atoms with Gasteiger partial charge in [-0.25, -0.2) is 0 Å². The molecule has 322 valence electrons. The lowest BCUT2D eigenvalue weighted by Crippen LogP contribution is -2.12. The van der Waals surface area contributed by atoms with Crippen molar-refractivity contribution >= 4 is 153 Å². The average molecular weight is 903 g/mol.